The Morgan fingerprint density at radius 1 is 1.77 bits per heavy atom. The molecule has 0 radical (unpaired) electrons. The fraction of sp³-hybridized carbons (Fsp3) is 0.750. The minimum absolute atomic E-state index is 0.0518. The highest BCUT2D eigenvalue weighted by molar-refractivity contribution is 8.00. The fourth-order valence-electron chi connectivity index (χ4n) is 1.85. The first-order valence-electron chi connectivity index (χ1n) is 4.22. The van der Waals surface area contributed by atoms with Gasteiger partial charge in [-0.2, -0.15) is 5.26 Å². The van der Waals surface area contributed by atoms with Crippen molar-refractivity contribution < 1.29 is 9.90 Å². The number of hydrogen-bond donors (Lipinski definition) is 1. The number of amides is 1. The van der Waals surface area contributed by atoms with E-state index in [9.17, 15) is 4.79 Å². The van der Waals surface area contributed by atoms with Crippen molar-refractivity contribution in [3.8, 4) is 6.07 Å². The van der Waals surface area contributed by atoms with Crippen molar-refractivity contribution >= 4 is 17.7 Å². The number of carbonyl (C=O) groups excluding carboxylic acids is 1. The molecule has 2 aliphatic rings. The van der Waals surface area contributed by atoms with Crippen molar-refractivity contribution in [3.05, 3.63) is 0 Å². The molecule has 0 aromatic heterocycles. The Morgan fingerprint density at radius 2 is 2.54 bits per heavy atom. The van der Waals surface area contributed by atoms with E-state index in [1.165, 1.54) is 0 Å². The lowest BCUT2D eigenvalue weighted by Gasteiger charge is -2.17. The summed E-state index contributed by atoms with van der Waals surface area (Å²) in [7, 11) is 0. The summed E-state index contributed by atoms with van der Waals surface area (Å²) in [5.41, 5.74) is 0. The maximum atomic E-state index is 11.6. The van der Waals surface area contributed by atoms with Gasteiger partial charge in [-0.25, -0.2) is 0 Å². The van der Waals surface area contributed by atoms with E-state index in [-0.39, 0.29) is 29.8 Å². The van der Waals surface area contributed by atoms with Crippen molar-refractivity contribution in [1.82, 2.24) is 4.90 Å². The highest BCUT2D eigenvalue weighted by atomic mass is 32.2. The van der Waals surface area contributed by atoms with Gasteiger partial charge in [-0.05, 0) is 6.42 Å². The van der Waals surface area contributed by atoms with Crippen LogP contribution in [0.15, 0.2) is 0 Å². The molecule has 0 aromatic rings. The summed E-state index contributed by atoms with van der Waals surface area (Å²) in [5, 5.41) is 17.8. The number of aliphatic hydroxyl groups is 1. The van der Waals surface area contributed by atoms with Crippen molar-refractivity contribution in [2.24, 2.45) is 5.92 Å². The van der Waals surface area contributed by atoms with Gasteiger partial charge in [0.1, 0.15) is 6.04 Å². The van der Waals surface area contributed by atoms with Gasteiger partial charge in [0, 0.05) is 5.75 Å². The van der Waals surface area contributed by atoms with Gasteiger partial charge < -0.3 is 10.0 Å². The quantitative estimate of drug-likeness (QED) is 0.633. The van der Waals surface area contributed by atoms with Gasteiger partial charge in [0.15, 0.2) is 0 Å². The molecule has 3 atom stereocenters. The van der Waals surface area contributed by atoms with Crippen LogP contribution in [0.5, 0.6) is 0 Å². The predicted octanol–water partition coefficient (Wildman–Crippen LogP) is -0.208. The zero-order valence-electron chi connectivity index (χ0n) is 7.01. The first kappa shape index (κ1) is 8.85. The largest absolute Gasteiger partial charge is 0.396 e. The number of fused-ring (bicyclic) bond motifs is 1. The smallest absolute Gasteiger partial charge is 0.230 e. The summed E-state index contributed by atoms with van der Waals surface area (Å²) in [4.78, 5) is 13.2. The van der Waals surface area contributed by atoms with Crippen LogP contribution in [0.4, 0.5) is 0 Å². The monoisotopic (exact) mass is 198 g/mol. The molecule has 70 valence electrons. The molecule has 5 heteroatoms. The third-order valence-corrected chi connectivity index (χ3v) is 3.86. The molecule has 3 unspecified atom stereocenters. The van der Waals surface area contributed by atoms with Crippen LogP contribution in [0.2, 0.25) is 0 Å². The predicted molar refractivity (Wildman–Crippen MR) is 47.7 cm³/mol. The molecule has 13 heavy (non-hydrogen) atoms. The normalized spacial score (nSPS) is 37.7. The molecule has 2 fully saturated rings. The molecule has 2 heterocycles. The maximum absolute atomic E-state index is 11.6. The summed E-state index contributed by atoms with van der Waals surface area (Å²) in [5.74, 6) is 0.392. The van der Waals surface area contributed by atoms with Crippen LogP contribution < -0.4 is 0 Å². The standard InChI is InChI=1S/C8H10N2O2S/c9-2-6-4-13-7-1-5(3-11)8(12)10(6)7/h5-7,11H,1,3-4H2. The molecule has 1 N–H and O–H groups in total. The molecular formula is C8H10N2O2S. The number of nitriles is 1. The Hall–Kier alpha value is -0.730. The Morgan fingerprint density at radius 3 is 3.15 bits per heavy atom. The summed E-state index contributed by atoms with van der Waals surface area (Å²) in [6.45, 7) is -0.0927. The first-order chi connectivity index (χ1) is 6.27. The summed E-state index contributed by atoms with van der Waals surface area (Å²) in [6.07, 6.45) is 0.693. The molecule has 0 spiro atoms. The van der Waals surface area contributed by atoms with Gasteiger partial charge in [-0.1, -0.05) is 0 Å². The topological polar surface area (TPSA) is 64.3 Å². The van der Waals surface area contributed by atoms with Gasteiger partial charge in [0.2, 0.25) is 5.91 Å². The SMILES string of the molecule is N#CC1CSC2CC(CO)C(=O)N12. The van der Waals surface area contributed by atoms with E-state index in [2.05, 4.69) is 6.07 Å². The van der Waals surface area contributed by atoms with Crippen molar-refractivity contribution in [3.63, 3.8) is 0 Å². The Kier molecular flexibility index (Phi) is 2.18. The van der Waals surface area contributed by atoms with E-state index in [0.717, 1.165) is 0 Å². The lowest BCUT2D eigenvalue weighted by atomic mass is 10.1. The van der Waals surface area contributed by atoms with Crippen LogP contribution in [0.25, 0.3) is 0 Å². The van der Waals surface area contributed by atoms with Crippen LogP contribution in [-0.2, 0) is 4.79 Å². The lowest BCUT2D eigenvalue weighted by molar-refractivity contribution is -0.132. The minimum atomic E-state index is -0.279. The maximum Gasteiger partial charge on any atom is 0.230 e. The average molecular weight is 198 g/mol. The van der Waals surface area contributed by atoms with Crippen molar-refractivity contribution in [2.45, 2.75) is 17.8 Å². The van der Waals surface area contributed by atoms with E-state index < -0.39 is 0 Å². The van der Waals surface area contributed by atoms with Gasteiger partial charge in [0.25, 0.3) is 0 Å². The summed E-state index contributed by atoms with van der Waals surface area (Å²) >= 11 is 1.64. The zero-order valence-corrected chi connectivity index (χ0v) is 7.83. The fourth-order valence-corrected chi connectivity index (χ4v) is 3.27. The van der Waals surface area contributed by atoms with Crippen LogP contribution in [0, 0.1) is 17.2 Å². The van der Waals surface area contributed by atoms with Gasteiger partial charge >= 0.3 is 0 Å². The van der Waals surface area contributed by atoms with Gasteiger partial charge in [0.05, 0.1) is 24.0 Å². The van der Waals surface area contributed by atoms with Gasteiger partial charge in [-0.3, -0.25) is 4.79 Å². The van der Waals surface area contributed by atoms with Crippen molar-refractivity contribution in [2.75, 3.05) is 12.4 Å². The van der Waals surface area contributed by atoms with Gasteiger partial charge in [-0.15, -0.1) is 11.8 Å². The molecule has 4 nitrogen and oxygen atoms in total. The minimum Gasteiger partial charge on any atom is -0.396 e. The highest BCUT2D eigenvalue weighted by Gasteiger charge is 2.47. The molecule has 0 bridgehead atoms. The third kappa shape index (κ3) is 1.21. The molecule has 2 rings (SSSR count). The molecule has 1 amide bonds. The third-order valence-electron chi connectivity index (χ3n) is 2.55. The molecule has 0 aliphatic carbocycles. The molecule has 0 aromatic carbocycles. The van der Waals surface area contributed by atoms with E-state index in [0.29, 0.717) is 12.2 Å². The zero-order chi connectivity index (χ0) is 9.42. The van der Waals surface area contributed by atoms with Crippen LogP contribution in [0.1, 0.15) is 6.42 Å². The molecule has 0 saturated carbocycles. The van der Waals surface area contributed by atoms with Crippen molar-refractivity contribution in [1.29, 1.82) is 5.26 Å². The Bertz CT molecular complexity index is 276. The van der Waals surface area contributed by atoms with E-state index >= 15 is 0 Å². The number of carbonyl (C=O) groups is 1. The van der Waals surface area contributed by atoms with E-state index in [1.807, 2.05) is 0 Å². The average Bonchev–Trinajstić information content (AvgIpc) is 2.66. The number of nitrogens with zero attached hydrogens (tertiary/aromatic N) is 2. The lowest BCUT2D eigenvalue weighted by Crippen LogP contribution is -2.36. The Balaban J connectivity index is 2.17. The van der Waals surface area contributed by atoms with Crippen LogP contribution in [-0.4, -0.2) is 39.7 Å². The summed E-state index contributed by atoms with van der Waals surface area (Å²) in [6, 6.07) is 1.83. The molecule has 2 saturated heterocycles. The second kappa shape index (κ2) is 3.20. The highest BCUT2D eigenvalue weighted by Crippen LogP contribution is 2.39. The van der Waals surface area contributed by atoms with Crippen LogP contribution in [0.3, 0.4) is 0 Å². The number of rotatable bonds is 1. The van der Waals surface area contributed by atoms with E-state index in [4.69, 9.17) is 10.4 Å². The number of thioether (sulfide) groups is 1. The summed E-state index contributed by atoms with van der Waals surface area (Å²) < 4.78 is 0. The second-order valence-electron chi connectivity index (χ2n) is 3.29. The number of hydrogen-bond acceptors (Lipinski definition) is 4. The molecular weight excluding hydrogens is 188 g/mol. The number of aliphatic hydroxyl groups excluding tert-OH is 1. The van der Waals surface area contributed by atoms with Crippen LogP contribution >= 0.6 is 11.8 Å². The first-order valence-corrected chi connectivity index (χ1v) is 5.27. The molecule has 2 aliphatic heterocycles. The Labute approximate surface area is 80.5 Å². The van der Waals surface area contributed by atoms with E-state index in [1.54, 1.807) is 16.7 Å². The second-order valence-corrected chi connectivity index (χ2v) is 4.50.